The molecule has 2 aromatic carbocycles. The van der Waals surface area contributed by atoms with Crippen LogP contribution in [0.1, 0.15) is 12.5 Å². The van der Waals surface area contributed by atoms with Gasteiger partial charge in [-0.1, -0.05) is 24.6 Å². The summed E-state index contributed by atoms with van der Waals surface area (Å²) in [5.41, 5.74) is 2.73. The largest absolute Gasteiger partial charge is 0.369 e. The maximum absolute atomic E-state index is 13.2. The Kier molecular flexibility index (Phi) is 6.03. The molecule has 1 atom stereocenters. The molecule has 0 bridgehead atoms. The molecule has 0 spiro atoms. The monoisotopic (exact) mass is 465 g/mol. The Morgan fingerprint density at radius 2 is 1.83 bits per heavy atom. The number of benzene rings is 2. The van der Waals surface area contributed by atoms with Gasteiger partial charge in [-0.3, -0.25) is 4.79 Å². The van der Waals surface area contributed by atoms with Crippen LogP contribution in [-0.4, -0.2) is 50.6 Å². The number of halogens is 1. The number of thioether (sulfide) groups is 1. The predicted octanol–water partition coefficient (Wildman–Crippen LogP) is 3.84. The van der Waals surface area contributed by atoms with Crippen LogP contribution >= 0.6 is 23.4 Å². The first-order chi connectivity index (χ1) is 14.3. The first kappa shape index (κ1) is 21.5. The molecular weight excluding hydrogens is 442 g/mol. The van der Waals surface area contributed by atoms with E-state index in [0.717, 1.165) is 16.1 Å². The Bertz CT molecular complexity index is 1080. The molecule has 1 amide bonds. The van der Waals surface area contributed by atoms with Crippen LogP contribution in [0.3, 0.4) is 0 Å². The number of nitrogens with one attached hydrogen (secondary N) is 1. The molecule has 0 unspecified atom stereocenters. The lowest BCUT2D eigenvalue weighted by Crippen LogP contribution is -2.48. The Labute approximate surface area is 186 Å². The van der Waals surface area contributed by atoms with Crippen LogP contribution in [0.4, 0.5) is 11.4 Å². The summed E-state index contributed by atoms with van der Waals surface area (Å²) in [6.45, 7) is 5.86. The molecule has 6 nitrogen and oxygen atoms in total. The number of amides is 1. The fourth-order valence-corrected chi connectivity index (χ4v) is 6.31. The molecule has 0 aromatic heterocycles. The van der Waals surface area contributed by atoms with Gasteiger partial charge in [0.05, 0.1) is 10.6 Å². The minimum Gasteiger partial charge on any atom is -0.369 e. The van der Waals surface area contributed by atoms with E-state index in [9.17, 15) is 13.2 Å². The summed E-state index contributed by atoms with van der Waals surface area (Å²) in [5.74, 6) is 0.474. The lowest BCUT2D eigenvalue weighted by atomic mass is 10.1. The van der Waals surface area contributed by atoms with E-state index in [1.54, 1.807) is 30.0 Å². The van der Waals surface area contributed by atoms with Crippen LogP contribution in [0.15, 0.2) is 46.2 Å². The predicted molar refractivity (Wildman–Crippen MR) is 122 cm³/mol. The smallest absolute Gasteiger partial charge is 0.243 e. The summed E-state index contributed by atoms with van der Waals surface area (Å²) in [7, 11) is -3.64. The second kappa shape index (κ2) is 8.42. The highest BCUT2D eigenvalue weighted by atomic mass is 35.5. The lowest BCUT2D eigenvalue weighted by Gasteiger charge is -2.36. The van der Waals surface area contributed by atoms with Gasteiger partial charge in [-0.25, -0.2) is 8.42 Å². The van der Waals surface area contributed by atoms with Gasteiger partial charge in [0.15, 0.2) is 0 Å². The van der Waals surface area contributed by atoms with E-state index >= 15 is 0 Å². The van der Waals surface area contributed by atoms with E-state index < -0.39 is 10.0 Å². The van der Waals surface area contributed by atoms with E-state index in [2.05, 4.69) is 10.2 Å². The number of carbonyl (C=O) groups excluding carboxylic acids is 1. The van der Waals surface area contributed by atoms with Gasteiger partial charge < -0.3 is 10.2 Å². The standard InChI is InChI=1S/C21H24ClN3O3S2/c1-14-3-4-16(22)11-19(14)24-7-9-25(10-8-24)30(27,28)17-5-6-20-18(12-17)23-21(26)15(2)13-29-20/h3-6,11-12,15H,7-10,13H2,1-2H3,(H,23,26)/t15-/m1/s1. The van der Waals surface area contributed by atoms with Crippen molar-refractivity contribution in [1.29, 1.82) is 0 Å². The fraction of sp³-hybridized carbons (Fsp3) is 0.381. The summed E-state index contributed by atoms with van der Waals surface area (Å²) in [6, 6.07) is 10.8. The topological polar surface area (TPSA) is 69.7 Å². The number of carbonyl (C=O) groups is 1. The third-order valence-corrected chi connectivity index (χ3v) is 9.00. The number of nitrogens with zero attached hydrogens (tertiary/aromatic N) is 2. The number of aryl methyl sites for hydroxylation is 1. The second-order valence-corrected chi connectivity index (χ2v) is 11.1. The van der Waals surface area contributed by atoms with E-state index in [1.165, 1.54) is 4.31 Å². The zero-order valence-corrected chi connectivity index (χ0v) is 19.3. The van der Waals surface area contributed by atoms with Crippen molar-refractivity contribution < 1.29 is 13.2 Å². The van der Waals surface area contributed by atoms with Gasteiger partial charge in [0.25, 0.3) is 0 Å². The van der Waals surface area contributed by atoms with Crippen molar-refractivity contribution in [3.63, 3.8) is 0 Å². The molecule has 160 valence electrons. The Balaban J connectivity index is 1.52. The number of rotatable bonds is 3. The molecule has 2 heterocycles. The minimum absolute atomic E-state index is 0.0821. The van der Waals surface area contributed by atoms with Crippen LogP contribution in [0, 0.1) is 12.8 Å². The SMILES string of the molecule is Cc1ccc(Cl)cc1N1CCN(S(=O)(=O)c2ccc3c(c2)NC(=O)[C@H](C)CS3)CC1. The van der Waals surface area contributed by atoms with Crippen molar-refractivity contribution in [1.82, 2.24) is 4.31 Å². The van der Waals surface area contributed by atoms with Crippen molar-refractivity contribution in [2.45, 2.75) is 23.6 Å². The average molecular weight is 466 g/mol. The molecule has 9 heteroatoms. The molecule has 1 N–H and O–H groups in total. The van der Waals surface area contributed by atoms with Gasteiger partial charge in [0.1, 0.15) is 0 Å². The Morgan fingerprint density at radius 1 is 1.10 bits per heavy atom. The van der Waals surface area contributed by atoms with Gasteiger partial charge in [-0.2, -0.15) is 4.31 Å². The van der Waals surface area contributed by atoms with Crippen LogP contribution in [0.5, 0.6) is 0 Å². The van der Waals surface area contributed by atoms with Gasteiger partial charge in [-0.05, 0) is 42.8 Å². The van der Waals surface area contributed by atoms with E-state index in [1.807, 2.05) is 32.0 Å². The molecule has 0 aliphatic carbocycles. The van der Waals surface area contributed by atoms with Crippen LogP contribution in [0.2, 0.25) is 5.02 Å². The maximum atomic E-state index is 13.2. The number of anilines is 2. The van der Waals surface area contributed by atoms with Gasteiger partial charge >= 0.3 is 0 Å². The van der Waals surface area contributed by atoms with Crippen LogP contribution in [-0.2, 0) is 14.8 Å². The van der Waals surface area contributed by atoms with Crippen LogP contribution in [0.25, 0.3) is 0 Å². The highest BCUT2D eigenvalue weighted by Gasteiger charge is 2.30. The van der Waals surface area contributed by atoms with Gasteiger partial charge in [-0.15, -0.1) is 11.8 Å². The fourth-order valence-electron chi connectivity index (χ4n) is 3.68. The zero-order valence-electron chi connectivity index (χ0n) is 16.9. The second-order valence-electron chi connectivity index (χ2n) is 7.68. The van der Waals surface area contributed by atoms with E-state index in [4.69, 9.17) is 11.6 Å². The zero-order chi connectivity index (χ0) is 21.5. The third-order valence-electron chi connectivity index (χ3n) is 5.53. The number of hydrogen-bond donors (Lipinski definition) is 1. The van der Waals surface area contributed by atoms with Gasteiger partial charge in [0, 0.05) is 53.5 Å². The molecule has 1 saturated heterocycles. The molecular formula is C21H24ClN3O3S2. The Hall–Kier alpha value is -1.74. The normalized spacial score (nSPS) is 20.4. The van der Waals surface area contributed by atoms with Crippen LogP contribution < -0.4 is 10.2 Å². The van der Waals surface area contributed by atoms with Gasteiger partial charge in [0.2, 0.25) is 15.9 Å². The van der Waals surface area contributed by atoms with Crippen molar-refractivity contribution in [3.8, 4) is 0 Å². The number of piperazine rings is 1. The number of fused-ring (bicyclic) bond motifs is 1. The number of sulfonamides is 1. The molecule has 4 rings (SSSR count). The molecule has 2 aromatic rings. The van der Waals surface area contributed by atoms with Crippen molar-refractivity contribution in [2.24, 2.45) is 5.92 Å². The summed E-state index contributed by atoms with van der Waals surface area (Å²) in [6.07, 6.45) is 0. The summed E-state index contributed by atoms with van der Waals surface area (Å²) >= 11 is 7.71. The highest BCUT2D eigenvalue weighted by Crippen LogP contribution is 2.35. The highest BCUT2D eigenvalue weighted by molar-refractivity contribution is 7.99. The first-order valence-corrected chi connectivity index (χ1v) is 12.6. The number of hydrogen-bond acceptors (Lipinski definition) is 5. The summed E-state index contributed by atoms with van der Waals surface area (Å²) in [4.78, 5) is 15.4. The Morgan fingerprint density at radius 3 is 2.57 bits per heavy atom. The molecule has 2 aliphatic heterocycles. The van der Waals surface area contributed by atoms with Crippen molar-refractivity contribution >= 4 is 50.7 Å². The molecule has 30 heavy (non-hydrogen) atoms. The average Bonchev–Trinajstić information content (AvgIpc) is 2.87. The first-order valence-electron chi connectivity index (χ1n) is 9.84. The quantitative estimate of drug-likeness (QED) is 0.745. The molecule has 0 saturated carbocycles. The minimum atomic E-state index is -3.64. The van der Waals surface area contributed by atoms with E-state index in [0.29, 0.717) is 42.6 Å². The van der Waals surface area contributed by atoms with Crippen molar-refractivity contribution in [2.75, 3.05) is 42.1 Å². The molecule has 2 aliphatic rings. The third kappa shape index (κ3) is 4.19. The summed E-state index contributed by atoms with van der Waals surface area (Å²) in [5, 5.41) is 3.54. The maximum Gasteiger partial charge on any atom is 0.243 e. The summed E-state index contributed by atoms with van der Waals surface area (Å²) < 4.78 is 28.0. The lowest BCUT2D eigenvalue weighted by molar-refractivity contribution is -0.118. The molecule has 1 fully saturated rings. The molecule has 0 radical (unpaired) electrons. The van der Waals surface area contributed by atoms with E-state index in [-0.39, 0.29) is 16.7 Å². The van der Waals surface area contributed by atoms with Crippen molar-refractivity contribution in [3.05, 3.63) is 47.0 Å².